The molecule has 3 heterocycles. The maximum atomic E-state index is 12.0. The van der Waals surface area contributed by atoms with E-state index in [1.165, 1.54) is 11.9 Å². The van der Waals surface area contributed by atoms with Crippen molar-refractivity contribution in [1.82, 2.24) is 9.71 Å². The smallest absolute Gasteiger partial charge is 0.273 e. The Morgan fingerprint density at radius 2 is 2.28 bits per heavy atom. The maximum absolute atomic E-state index is 12.0. The number of pyridine rings is 1. The van der Waals surface area contributed by atoms with Gasteiger partial charge in [0.25, 0.3) is 5.91 Å². The predicted octanol–water partition coefficient (Wildman–Crippen LogP) is 2.73. The molecule has 1 aliphatic rings. The molecule has 0 unspecified atom stereocenters. The van der Waals surface area contributed by atoms with Crippen LogP contribution in [0.25, 0.3) is 6.08 Å². The molecular formula is C12H9N3OS2. The summed E-state index contributed by atoms with van der Waals surface area (Å²) in [6.45, 7) is 0. The van der Waals surface area contributed by atoms with Crippen LogP contribution in [-0.4, -0.2) is 10.9 Å². The van der Waals surface area contributed by atoms with E-state index in [1.54, 1.807) is 23.6 Å². The number of hydrogen-bond acceptors (Lipinski definition) is 5. The first kappa shape index (κ1) is 11.3. The molecule has 6 heteroatoms. The number of rotatable bonds is 2. The molecule has 2 aromatic heterocycles. The van der Waals surface area contributed by atoms with Crippen molar-refractivity contribution >= 4 is 41.1 Å². The van der Waals surface area contributed by atoms with Crippen molar-refractivity contribution in [2.75, 3.05) is 5.32 Å². The molecule has 0 bridgehead atoms. The molecule has 0 saturated carbocycles. The maximum Gasteiger partial charge on any atom is 0.273 e. The predicted molar refractivity (Wildman–Crippen MR) is 74.2 cm³/mol. The molecule has 2 aromatic rings. The summed E-state index contributed by atoms with van der Waals surface area (Å²) < 4.78 is 3.03. The van der Waals surface area contributed by atoms with Gasteiger partial charge in [-0.1, -0.05) is 6.07 Å². The molecule has 3 rings (SSSR count). The molecule has 4 nitrogen and oxygen atoms in total. The molecular weight excluding hydrogens is 266 g/mol. The Morgan fingerprint density at radius 1 is 1.33 bits per heavy atom. The van der Waals surface area contributed by atoms with Crippen LogP contribution in [0.5, 0.6) is 0 Å². The van der Waals surface area contributed by atoms with Gasteiger partial charge in [0.1, 0.15) is 11.5 Å². The van der Waals surface area contributed by atoms with Crippen molar-refractivity contribution < 1.29 is 4.79 Å². The third-order valence-corrected chi connectivity index (χ3v) is 4.25. The zero-order valence-corrected chi connectivity index (χ0v) is 10.8. The second-order valence-corrected chi connectivity index (χ2v) is 5.38. The topological polar surface area (TPSA) is 54.0 Å². The lowest BCUT2D eigenvalue weighted by atomic mass is 10.3. The SMILES string of the molecule is O=C(Nc1ccccn1)C1=Cc2sccc2SN1. The van der Waals surface area contributed by atoms with Gasteiger partial charge in [0.05, 0.1) is 0 Å². The third-order valence-electron chi connectivity index (χ3n) is 2.35. The number of carbonyl (C=O) groups is 1. The molecule has 0 aliphatic carbocycles. The standard InChI is InChI=1S/C12H9N3OS2/c16-12(14-11-3-1-2-5-13-11)8-7-10-9(18-15-8)4-6-17-10/h1-7,15H,(H,13,14,16). The normalized spacial score (nSPS) is 13.2. The summed E-state index contributed by atoms with van der Waals surface area (Å²) in [5.74, 6) is 0.368. The summed E-state index contributed by atoms with van der Waals surface area (Å²) in [6, 6.07) is 7.42. The van der Waals surface area contributed by atoms with Crippen molar-refractivity contribution in [2.45, 2.75) is 4.90 Å². The number of fused-ring (bicyclic) bond motifs is 1. The van der Waals surface area contributed by atoms with Crippen LogP contribution >= 0.6 is 23.3 Å². The summed E-state index contributed by atoms with van der Waals surface area (Å²) in [5.41, 5.74) is 0.542. The molecule has 0 saturated heterocycles. The number of thiophene rings is 1. The zero-order valence-electron chi connectivity index (χ0n) is 9.21. The minimum atomic E-state index is -0.180. The van der Waals surface area contributed by atoms with E-state index >= 15 is 0 Å². The Labute approximate surface area is 112 Å². The second-order valence-electron chi connectivity index (χ2n) is 3.58. The molecule has 0 atom stereocenters. The lowest BCUT2D eigenvalue weighted by molar-refractivity contribution is -0.113. The fourth-order valence-corrected chi connectivity index (χ4v) is 3.24. The summed E-state index contributed by atoms with van der Waals surface area (Å²) in [4.78, 5) is 18.3. The summed E-state index contributed by atoms with van der Waals surface area (Å²) in [7, 11) is 0. The minimum absolute atomic E-state index is 0.180. The number of nitrogens with zero attached hydrogens (tertiary/aromatic N) is 1. The third kappa shape index (κ3) is 2.25. The van der Waals surface area contributed by atoms with Crippen molar-refractivity contribution in [3.8, 4) is 0 Å². The van der Waals surface area contributed by atoms with Crippen LogP contribution in [0.15, 0.2) is 46.4 Å². The Hall–Kier alpha value is -1.79. The molecule has 1 amide bonds. The van der Waals surface area contributed by atoms with Crippen molar-refractivity contribution in [3.63, 3.8) is 0 Å². The highest BCUT2D eigenvalue weighted by molar-refractivity contribution is 7.97. The quantitative estimate of drug-likeness (QED) is 0.827. The highest BCUT2D eigenvalue weighted by Gasteiger charge is 2.17. The van der Waals surface area contributed by atoms with E-state index in [0.717, 1.165) is 9.77 Å². The van der Waals surface area contributed by atoms with Crippen molar-refractivity contribution in [2.24, 2.45) is 0 Å². The van der Waals surface area contributed by atoms with Crippen LogP contribution in [0.4, 0.5) is 5.82 Å². The van der Waals surface area contributed by atoms with E-state index in [2.05, 4.69) is 15.0 Å². The van der Waals surface area contributed by atoms with Crippen LogP contribution in [0, 0.1) is 0 Å². The molecule has 0 spiro atoms. The van der Waals surface area contributed by atoms with E-state index in [1.807, 2.05) is 29.7 Å². The van der Waals surface area contributed by atoms with Crippen molar-refractivity contribution in [3.05, 3.63) is 46.4 Å². The number of nitrogens with one attached hydrogen (secondary N) is 2. The van der Waals surface area contributed by atoms with Gasteiger partial charge in [0.2, 0.25) is 0 Å². The van der Waals surface area contributed by atoms with Gasteiger partial charge in [0, 0.05) is 16.0 Å². The second kappa shape index (κ2) is 4.83. The van der Waals surface area contributed by atoms with Crippen LogP contribution < -0.4 is 10.0 Å². The molecule has 2 N–H and O–H groups in total. The van der Waals surface area contributed by atoms with Gasteiger partial charge in [-0.2, -0.15) is 0 Å². The number of anilines is 1. The van der Waals surface area contributed by atoms with Gasteiger partial charge in [-0.15, -0.1) is 11.3 Å². The molecule has 90 valence electrons. The van der Waals surface area contributed by atoms with Crippen molar-refractivity contribution in [1.29, 1.82) is 0 Å². The van der Waals surface area contributed by atoms with Crippen LogP contribution in [0.3, 0.4) is 0 Å². The van der Waals surface area contributed by atoms with Crippen LogP contribution in [-0.2, 0) is 4.79 Å². The average Bonchev–Trinajstić information content (AvgIpc) is 2.87. The number of aromatic nitrogens is 1. The molecule has 18 heavy (non-hydrogen) atoms. The van der Waals surface area contributed by atoms with E-state index in [0.29, 0.717) is 11.5 Å². The Kier molecular flexibility index (Phi) is 3.04. The Bertz CT molecular complexity index is 607. The van der Waals surface area contributed by atoms with E-state index < -0.39 is 0 Å². The fraction of sp³-hybridized carbons (Fsp3) is 0. The summed E-state index contributed by atoms with van der Waals surface area (Å²) in [6.07, 6.45) is 3.50. The Balaban J connectivity index is 1.79. The zero-order chi connectivity index (χ0) is 12.4. The highest BCUT2D eigenvalue weighted by Crippen LogP contribution is 2.32. The molecule has 0 aromatic carbocycles. The molecule has 0 radical (unpaired) electrons. The van der Waals surface area contributed by atoms with Crippen LogP contribution in [0.1, 0.15) is 4.88 Å². The first-order valence-electron chi connectivity index (χ1n) is 5.27. The monoisotopic (exact) mass is 275 g/mol. The van der Waals surface area contributed by atoms with Gasteiger partial charge >= 0.3 is 0 Å². The minimum Gasteiger partial charge on any atom is -0.321 e. The fourth-order valence-electron chi connectivity index (χ4n) is 1.50. The van der Waals surface area contributed by atoms with E-state index in [-0.39, 0.29) is 5.91 Å². The van der Waals surface area contributed by atoms with Gasteiger partial charge < -0.3 is 10.0 Å². The van der Waals surface area contributed by atoms with Gasteiger partial charge in [0.15, 0.2) is 0 Å². The lowest BCUT2D eigenvalue weighted by Gasteiger charge is -2.14. The molecule has 1 aliphatic heterocycles. The van der Waals surface area contributed by atoms with Gasteiger partial charge in [-0.25, -0.2) is 4.98 Å². The number of carbonyl (C=O) groups excluding carboxylic acids is 1. The average molecular weight is 275 g/mol. The largest absolute Gasteiger partial charge is 0.321 e. The molecule has 0 fully saturated rings. The Morgan fingerprint density at radius 3 is 3.11 bits per heavy atom. The summed E-state index contributed by atoms with van der Waals surface area (Å²) in [5, 5.41) is 4.75. The number of hydrogen-bond donors (Lipinski definition) is 2. The van der Waals surface area contributed by atoms with E-state index in [4.69, 9.17) is 0 Å². The first-order chi connectivity index (χ1) is 8.83. The van der Waals surface area contributed by atoms with Crippen LogP contribution in [0.2, 0.25) is 0 Å². The van der Waals surface area contributed by atoms with E-state index in [9.17, 15) is 4.79 Å². The summed E-state index contributed by atoms with van der Waals surface area (Å²) >= 11 is 3.07. The van der Waals surface area contributed by atoms with Gasteiger partial charge in [-0.3, -0.25) is 4.79 Å². The number of amides is 1. The first-order valence-corrected chi connectivity index (χ1v) is 6.97. The lowest BCUT2D eigenvalue weighted by Crippen LogP contribution is -2.23. The van der Waals surface area contributed by atoms with Gasteiger partial charge in [-0.05, 0) is 41.6 Å². The highest BCUT2D eigenvalue weighted by atomic mass is 32.2.